The Morgan fingerprint density at radius 3 is 2.81 bits per heavy atom. The molecule has 0 saturated carbocycles. The van der Waals surface area contributed by atoms with Crippen molar-refractivity contribution in [2.45, 2.75) is 45.9 Å². The second-order valence-electron chi connectivity index (χ2n) is 9.28. The van der Waals surface area contributed by atoms with E-state index in [1.807, 2.05) is 30.0 Å². The molecule has 2 fully saturated rings. The zero-order chi connectivity index (χ0) is 19.6. The van der Waals surface area contributed by atoms with Crippen LogP contribution < -0.4 is 0 Å². The molecule has 7 heteroatoms. The van der Waals surface area contributed by atoms with Crippen LogP contribution in [0.3, 0.4) is 0 Å². The number of hydrogen-bond donors (Lipinski definition) is 0. The number of aromatic nitrogens is 1. The fourth-order valence-electron chi connectivity index (χ4n) is 4.63. The van der Waals surface area contributed by atoms with E-state index in [2.05, 4.69) is 25.9 Å². The summed E-state index contributed by atoms with van der Waals surface area (Å²) in [7, 11) is 1.74. The van der Waals surface area contributed by atoms with Gasteiger partial charge < -0.3 is 19.1 Å². The van der Waals surface area contributed by atoms with E-state index in [0.29, 0.717) is 31.1 Å². The minimum absolute atomic E-state index is 0.00618. The smallest absolute Gasteiger partial charge is 0.230 e. The highest BCUT2D eigenvalue weighted by atomic mass is 16.5. The predicted octanol–water partition coefficient (Wildman–Crippen LogP) is 1.77. The van der Waals surface area contributed by atoms with Crippen LogP contribution in [0.5, 0.6) is 0 Å². The topological polar surface area (TPSA) is 75.9 Å². The van der Waals surface area contributed by atoms with Crippen molar-refractivity contribution in [1.82, 2.24) is 15.0 Å². The number of likely N-dealkylation sites (tertiary alicyclic amines) is 1. The van der Waals surface area contributed by atoms with Gasteiger partial charge in [-0.2, -0.15) is 0 Å². The van der Waals surface area contributed by atoms with Gasteiger partial charge in [0.2, 0.25) is 11.8 Å². The van der Waals surface area contributed by atoms with Crippen LogP contribution in [-0.4, -0.2) is 58.6 Å². The summed E-state index contributed by atoms with van der Waals surface area (Å²) in [6.07, 6.45) is 3.61. The molecule has 4 rings (SSSR count). The van der Waals surface area contributed by atoms with Crippen molar-refractivity contribution in [3.8, 4) is 0 Å². The summed E-state index contributed by atoms with van der Waals surface area (Å²) >= 11 is 0. The fourth-order valence-corrected chi connectivity index (χ4v) is 4.63. The average molecular weight is 373 g/mol. The number of aryl methyl sites for hydroxylation is 1. The van der Waals surface area contributed by atoms with Gasteiger partial charge in [0.15, 0.2) is 0 Å². The first-order valence-corrected chi connectivity index (χ1v) is 9.43. The van der Waals surface area contributed by atoms with Crippen molar-refractivity contribution in [1.29, 1.82) is 0 Å². The molecule has 0 N–H and O–H groups in total. The number of ether oxygens (including phenoxy) is 1. The summed E-state index contributed by atoms with van der Waals surface area (Å²) in [6, 6.07) is 1.81. The average Bonchev–Trinajstić information content (AvgIpc) is 3.28. The Morgan fingerprint density at radius 2 is 2.19 bits per heavy atom. The molecule has 0 aliphatic carbocycles. The Hall–Kier alpha value is -2.15. The lowest BCUT2D eigenvalue weighted by Crippen LogP contribution is -2.45. The number of carbonyl (C=O) groups excluding carboxylic acids is 2. The van der Waals surface area contributed by atoms with Crippen molar-refractivity contribution >= 4 is 11.8 Å². The molecule has 2 bridgehead atoms. The molecule has 2 unspecified atom stereocenters. The van der Waals surface area contributed by atoms with E-state index in [1.165, 1.54) is 0 Å². The lowest BCUT2D eigenvalue weighted by molar-refractivity contribution is -0.143. The first kappa shape index (κ1) is 18.2. The Bertz CT molecular complexity index is 808. The van der Waals surface area contributed by atoms with Crippen LogP contribution in [0.15, 0.2) is 22.7 Å². The number of nitrogens with zero attached hydrogens (tertiary/aromatic N) is 3. The Kier molecular flexibility index (Phi) is 4.00. The fraction of sp³-hybridized carbons (Fsp3) is 0.650. The standard InChI is InChI=1S/C20H27N3O4/c1-12-8-13(21-27-12)9-22(5)17(24)15-14-6-7-20(26-14)11-23(10-19(2,3)4)18(25)16(15)20/h6-8,14-16H,9-11H2,1-5H3/t14-,15?,16?,20-/m1/s1. The number of rotatable bonds is 4. The highest BCUT2D eigenvalue weighted by Gasteiger charge is 2.67. The third-order valence-electron chi connectivity index (χ3n) is 5.58. The molecule has 4 heterocycles. The summed E-state index contributed by atoms with van der Waals surface area (Å²) < 4.78 is 11.3. The molecule has 2 saturated heterocycles. The van der Waals surface area contributed by atoms with Crippen LogP contribution >= 0.6 is 0 Å². The van der Waals surface area contributed by atoms with Gasteiger partial charge >= 0.3 is 0 Å². The van der Waals surface area contributed by atoms with E-state index in [1.54, 1.807) is 11.9 Å². The third kappa shape index (κ3) is 2.98. The Balaban J connectivity index is 1.54. The maximum absolute atomic E-state index is 13.2. The molecular weight excluding hydrogens is 346 g/mol. The number of hydrogen-bond acceptors (Lipinski definition) is 5. The molecule has 1 spiro atoms. The van der Waals surface area contributed by atoms with Gasteiger partial charge in [-0.3, -0.25) is 9.59 Å². The molecule has 3 aliphatic rings. The predicted molar refractivity (Wildman–Crippen MR) is 97.5 cm³/mol. The van der Waals surface area contributed by atoms with Crippen LogP contribution in [-0.2, 0) is 20.9 Å². The van der Waals surface area contributed by atoms with E-state index < -0.39 is 17.4 Å². The van der Waals surface area contributed by atoms with Crippen molar-refractivity contribution in [2.24, 2.45) is 17.3 Å². The quantitative estimate of drug-likeness (QED) is 0.752. The molecule has 4 atom stereocenters. The van der Waals surface area contributed by atoms with Crippen molar-refractivity contribution in [3.05, 3.63) is 29.7 Å². The summed E-state index contributed by atoms with van der Waals surface area (Å²) in [4.78, 5) is 29.8. The first-order chi connectivity index (χ1) is 12.6. The summed E-state index contributed by atoms with van der Waals surface area (Å²) in [6.45, 7) is 9.67. The Labute approximate surface area is 159 Å². The van der Waals surface area contributed by atoms with Gasteiger partial charge in [-0.15, -0.1) is 0 Å². The normalized spacial score (nSPS) is 31.7. The van der Waals surface area contributed by atoms with Crippen LogP contribution in [0.2, 0.25) is 0 Å². The molecule has 146 valence electrons. The lowest BCUT2D eigenvalue weighted by Gasteiger charge is -2.29. The molecule has 1 aromatic heterocycles. The van der Waals surface area contributed by atoms with Gasteiger partial charge in [0.05, 0.1) is 31.0 Å². The monoisotopic (exact) mass is 373 g/mol. The van der Waals surface area contributed by atoms with Gasteiger partial charge in [0.1, 0.15) is 17.1 Å². The molecule has 0 aromatic carbocycles. The Morgan fingerprint density at radius 1 is 1.44 bits per heavy atom. The molecule has 7 nitrogen and oxygen atoms in total. The zero-order valence-corrected chi connectivity index (χ0v) is 16.6. The summed E-state index contributed by atoms with van der Waals surface area (Å²) in [5.41, 5.74) is 0.0386. The van der Waals surface area contributed by atoms with Gasteiger partial charge in [-0.05, 0) is 12.3 Å². The van der Waals surface area contributed by atoms with E-state index in [0.717, 1.165) is 0 Å². The molecule has 0 radical (unpaired) electrons. The number of carbonyl (C=O) groups is 2. The second kappa shape index (κ2) is 5.92. The van der Waals surface area contributed by atoms with Crippen LogP contribution in [0, 0.1) is 24.2 Å². The summed E-state index contributed by atoms with van der Waals surface area (Å²) in [5.74, 6) is -0.266. The number of fused-ring (bicyclic) bond motifs is 1. The van der Waals surface area contributed by atoms with Crippen LogP contribution in [0.1, 0.15) is 32.2 Å². The van der Waals surface area contributed by atoms with E-state index >= 15 is 0 Å². The van der Waals surface area contributed by atoms with Gasteiger partial charge in [-0.25, -0.2) is 0 Å². The van der Waals surface area contributed by atoms with E-state index in [4.69, 9.17) is 9.26 Å². The van der Waals surface area contributed by atoms with Gasteiger partial charge in [0.25, 0.3) is 0 Å². The second-order valence-corrected chi connectivity index (χ2v) is 9.28. The molecule has 2 amide bonds. The highest BCUT2D eigenvalue weighted by Crippen LogP contribution is 2.52. The largest absolute Gasteiger partial charge is 0.361 e. The first-order valence-electron chi connectivity index (χ1n) is 9.43. The molecule has 1 aromatic rings. The lowest BCUT2D eigenvalue weighted by atomic mass is 9.76. The maximum atomic E-state index is 13.2. The number of amides is 2. The molecule has 3 aliphatic heterocycles. The third-order valence-corrected chi connectivity index (χ3v) is 5.58. The zero-order valence-electron chi connectivity index (χ0n) is 16.6. The SMILES string of the molecule is Cc1cc(CN(C)C(=O)C2C3C(=O)N(CC(C)(C)C)C[C@]34C=C[C@H]2O4)no1. The minimum Gasteiger partial charge on any atom is -0.361 e. The minimum atomic E-state index is -0.654. The van der Waals surface area contributed by atoms with E-state index in [-0.39, 0.29) is 23.3 Å². The maximum Gasteiger partial charge on any atom is 0.230 e. The van der Waals surface area contributed by atoms with Crippen molar-refractivity contribution in [3.63, 3.8) is 0 Å². The van der Waals surface area contributed by atoms with Gasteiger partial charge in [-0.1, -0.05) is 38.1 Å². The summed E-state index contributed by atoms with van der Waals surface area (Å²) in [5, 5.41) is 3.96. The van der Waals surface area contributed by atoms with E-state index in [9.17, 15) is 9.59 Å². The molecule has 27 heavy (non-hydrogen) atoms. The van der Waals surface area contributed by atoms with Crippen molar-refractivity contribution in [2.75, 3.05) is 20.1 Å². The van der Waals surface area contributed by atoms with Crippen LogP contribution in [0.25, 0.3) is 0 Å². The molecular formula is C20H27N3O4. The van der Waals surface area contributed by atoms with Crippen molar-refractivity contribution < 1.29 is 18.8 Å². The van der Waals surface area contributed by atoms with Gasteiger partial charge in [0, 0.05) is 19.7 Å². The highest BCUT2D eigenvalue weighted by molar-refractivity contribution is 5.93. The van der Waals surface area contributed by atoms with Crippen LogP contribution in [0.4, 0.5) is 0 Å².